The van der Waals surface area contributed by atoms with Crippen molar-refractivity contribution < 1.29 is 14.3 Å². The van der Waals surface area contributed by atoms with Gasteiger partial charge in [-0.3, -0.25) is 4.90 Å². The molecule has 0 fully saturated rings. The maximum absolute atomic E-state index is 11.6. The maximum atomic E-state index is 11.6. The van der Waals surface area contributed by atoms with Crippen molar-refractivity contribution in [1.82, 2.24) is 4.90 Å². The van der Waals surface area contributed by atoms with E-state index in [1.807, 2.05) is 24.3 Å². The van der Waals surface area contributed by atoms with Crippen molar-refractivity contribution in [2.24, 2.45) is 0 Å². The standard InChI is InChI=1S/C15H19NO3/c1-3-18-15(17)12(2)10-16-8-9-19-14-7-5-4-6-13(14)11-16/h4-7H,2-3,8-11H2,1H3. The highest BCUT2D eigenvalue weighted by molar-refractivity contribution is 5.88. The molecule has 0 aliphatic carbocycles. The fourth-order valence-corrected chi connectivity index (χ4v) is 2.08. The predicted octanol–water partition coefficient (Wildman–Crippen LogP) is 2.00. The van der Waals surface area contributed by atoms with Crippen LogP contribution in [0.15, 0.2) is 36.4 Å². The number of nitrogens with zero attached hydrogens (tertiary/aromatic N) is 1. The molecule has 0 unspecified atom stereocenters. The lowest BCUT2D eigenvalue weighted by molar-refractivity contribution is -0.138. The molecular formula is C15H19NO3. The summed E-state index contributed by atoms with van der Waals surface area (Å²) in [5, 5.41) is 0. The number of hydrogen-bond donors (Lipinski definition) is 0. The molecule has 0 saturated heterocycles. The number of para-hydroxylation sites is 1. The van der Waals surface area contributed by atoms with Gasteiger partial charge in [0.1, 0.15) is 12.4 Å². The molecule has 0 spiro atoms. The number of fused-ring (bicyclic) bond motifs is 1. The van der Waals surface area contributed by atoms with Crippen molar-refractivity contribution in [3.63, 3.8) is 0 Å². The number of carbonyl (C=O) groups is 1. The molecule has 4 heteroatoms. The summed E-state index contributed by atoms with van der Waals surface area (Å²) in [7, 11) is 0. The number of benzene rings is 1. The zero-order chi connectivity index (χ0) is 13.7. The summed E-state index contributed by atoms with van der Waals surface area (Å²) >= 11 is 0. The average Bonchev–Trinajstić information content (AvgIpc) is 2.60. The Morgan fingerprint density at radius 2 is 2.26 bits per heavy atom. The van der Waals surface area contributed by atoms with Crippen LogP contribution in [0.1, 0.15) is 12.5 Å². The zero-order valence-electron chi connectivity index (χ0n) is 11.2. The number of hydrogen-bond acceptors (Lipinski definition) is 4. The molecule has 1 aliphatic heterocycles. The van der Waals surface area contributed by atoms with Gasteiger partial charge < -0.3 is 9.47 Å². The minimum absolute atomic E-state index is 0.319. The van der Waals surface area contributed by atoms with Gasteiger partial charge in [-0.15, -0.1) is 0 Å². The van der Waals surface area contributed by atoms with E-state index in [0.717, 1.165) is 24.4 Å². The Kier molecular flexibility index (Phi) is 4.58. The van der Waals surface area contributed by atoms with E-state index in [1.54, 1.807) is 6.92 Å². The molecule has 0 amide bonds. The highest BCUT2D eigenvalue weighted by Gasteiger charge is 2.18. The molecule has 2 rings (SSSR count). The van der Waals surface area contributed by atoms with Crippen molar-refractivity contribution in [3.8, 4) is 5.75 Å². The predicted molar refractivity (Wildman–Crippen MR) is 73.0 cm³/mol. The molecule has 4 nitrogen and oxygen atoms in total. The maximum Gasteiger partial charge on any atom is 0.334 e. The Labute approximate surface area is 113 Å². The SMILES string of the molecule is C=C(CN1CCOc2ccccc2C1)C(=O)OCC. The molecule has 0 bridgehead atoms. The molecule has 0 aromatic heterocycles. The van der Waals surface area contributed by atoms with Gasteiger partial charge in [-0.25, -0.2) is 4.79 Å². The molecule has 0 atom stereocenters. The van der Waals surface area contributed by atoms with E-state index in [2.05, 4.69) is 11.5 Å². The lowest BCUT2D eigenvalue weighted by Crippen LogP contribution is -2.30. The summed E-state index contributed by atoms with van der Waals surface area (Å²) in [6, 6.07) is 7.97. The van der Waals surface area contributed by atoms with Gasteiger partial charge in [-0.05, 0) is 13.0 Å². The summed E-state index contributed by atoms with van der Waals surface area (Å²) in [4.78, 5) is 13.7. The second-order valence-electron chi connectivity index (χ2n) is 4.49. The van der Waals surface area contributed by atoms with Crippen LogP contribution in [0.4, 0.5) is 0 Å². The van der Waals surface area contributed by atoms with E-state index in [1.165, 1.54) is 0 Å². The summed E-state index contributed by atoms with van der Waals surface area (Å²) in [5.41, 5.74) is 1.62. The first kappa shape index (κ1) is 13.6. The van der Waals surface area contributed by atoms with Gasteiger partial charge in [0.25, 0.3) is 0 Å². The summed E-state index contributed by atoms with van der Waals surface area (Å²) in [6.45, 7) is 8.63. The molecule has 1 aromatic rings. The van der Waals surface area contributed by atoms with Gasteiger partial charge in [0.15, 0.2) is 0 Å². The average molecular weight is 261 g/mol. The van der Waals surface area contributed by atoms with Crippen LogP contribution in [0.2, 0.25) is 0 Å². The third kappa shape index (κ3) is 3.58. The normalized spacial score (nSPS) is 15.0. The van der Waals surface area contributed by atoms with E-state index >= 15 is 0 Å². The van der Waals surface area contributed by atoms with Gasteiger partial charge in [0.2, 0.25) is 0 Å². The van der Waals surface area contributed by atoms with Crippen LogP contribution in [-0.2, 0) is 16.1 Å². The Hall–Kier alpha value is -1.81. The fraction of sp³-hybridized carbons (Fsp3) is 0.400. The Balaban J connectivity index is 1.99. The first-order chi connectivity index (χ1) is 9.20. The Morgan fingerprint density at radius 3 is 3.05 bits per heavy atom. The molecule has 19 heavy (non-hydrogen) atoms. The van der Waals surface area contributed by atoms with Crippen molar-refractivity contribution in [3.05, 3.63) is 42.0 Å². The van der Waals surface area contributed by atoms with Gasteiger partial charge in [0, 0.05) is 30.8 Å². The van der Waals surface area contributed by atoms with E-state index in [4.69, 9.17) is 9.47 Å². The van der Waals surface area contributed by atoms with Gasteiger partial charge in [-0.2, -0.15) is 0 Å². The molecule has 102 valence electrons. The zero-order valence-corrected chi connectivity index (χ0v) is 11.2. The van der Waals surface area contributed by atoms with E-state index in [0.29, 0.717) is 25.3 Å². The molecule has 1 aromatic carbocycles. The fourth-order valence-electron chi connectivity index (χ4n) is 2.08. The van der Waals surface area contributed by atoms with Crippen LogP contribution in [0.3, 0.4) is 0 Å². The second-order valence-corrected chi connectivity index (χ2v) is 4.49. The van der Waals surface area contributed by atoms with E-state index in [9.17, 15) is 4.79 Å². The van der Waals surface area contributed by atoms with Gasteiger partial charge >= 0.3 is 5.97 Å². The second kappa shape index (κ2) is 6.38. The third-order valence-electron chi connectivity index (χ3n) is 3.01. The molecule has 0 N–H and O–H groups in total. The van der Waals surface area contributed by atoms with Crippen molar-refractivity contribution in [1.29, 1.82) is 0 Å². The minimum atomic E-state index is -0.319. The van der Waals surface area contributed by atoms with Crippen molar-refractivity contribution in [2.75, 3.05) is 26.3 Å². The number of carbonyl (C=O) groups excluding carboxylic acids is 1. The van der Waals surface area contributed by atoms with Gasteiger partial charge in [-0.1, -0.05) is 24.8 Å². The Bertz CT molecular complexity index is 470. The van der Waals surface area contributed by atoms with Gasteiger partial charge in [0.05, 0.1) is 6.61 Å². The van der Waals surface area contributed by atoms with Crippen molar-refractivity contribution >= 4 is 5.97 Å². The molecular weight excluding hydrogens is 242 g/mol. The van der Waals surface area contributed by atoms with Crippen molar-refractivity contribution in [2.45, 2.75) is 13.5 Å². The lowest BCUT2D eigenvalue weighted by Gasteiger charge is -2.19. The monoisotopic (exact) mass is 261 g/mol. The van der Waals surface area contributed by atoms with E-state index < -0.39 is 0 Å². The summed E-state index contributed by atoms with van der Waals surface area (Å²) in [6.07, 6.45) is 0. The molecule has 1 heterocycles. The van der Waals surface area contributed by atoms with Crippen LogP contribution in [-0.4, -0.2) is 37.2 Å². The van der Waals surface area contributed by atoms with Crippen LogP contribution >= 0.6 is 0 Å². The largest absolute Gasteiger partial charge is 0.492 e. The first-order valence-corrected chi connectivity index (χ1v) is 6.48. The summed E-state index contributed by atoms with van der Waals surface area (Å²) in [5.74, 6) is 0.604. The molecule has 0 radical (unpaired) electrons. The number of ether oxygens (including phenoxy) is 2. The third-order valence-corrected chi connectivity index (χ3v) is 3.01. The van der Waals surface area contributed by atoms with Crippen LogP contribution in [0.25, 0.3) is 0 Å². The number of rotatable bonds is 4. The highest BCUT2D eigenvalue weighted by Crippen LogP contribution is 2.22. The number of esters is 1. The van der Waals surface area contributed by atoms with Crippen LogP contribution in [0.5, 0.6) is 5.75 Å². The van der Waals surface area contributed by atoms with E-state index in [-0.39, 0.29) is 5.97 Å². The minimum Gasteiger partial charge on any atom is -0.492 e. The highest BCUT2D eigenvalue weighted by atomic mass is 16.5. The first-order valence-electron chi connectivity index (χ1n) is 6.48. The lowest BCUT2D eigenvalue weighted by atomic mass is 10.2. The quantitative estimate of drug-likeness (QED) is 0.614. The molecule has 0 saturated carbocycles. The topological polar surface area (TPSA) is 38.8 Å². The summed E-state index contributed by atoms with van der Waals surface area (Å²) < 4.78 is 10.6. The smallest absolute Gasteiger partial charge is 0.334 e. The Morgan fingerprint density at radius 1 is 1.47 bits per heavy atom. The van der Waals surface area contributed by atoms with Crippen LogP contribution < -0.4 is 4.74 Å². The molecule has 1 aliphatic rings. The van der Waals surface area contributed by atoms with Crippen LogP contribution in [0, 0.1) is 0 Å².